The summed E-state index contributed by atoms with van der Waals surface area (Å²) in [6.45, 7) is 1.64. The van der Waals surface area contributed by atoms with E-state index in [1.807, 2.05) is 47.4 Å². The van der Waals surface area contributed by atoms with Crippen molar-refractivity contribution in [2.24, 2.45) is 5.92 Å². The molecule has 0 bridgehead atoms. The van der Waals surface area contributed by atoms with Gasteiger partial charge in [-0.05, 0) is 30.2 Å². The monoisotopic (exact) mass is 284 g/mol. The summed E-state index contributed by atoms with van der Waals surface area (Å²) in [4.78, 5) is 14.2. The van der Waals surface area contributed by atoms with Gasteiger partial charge in [-0.1, -0.05) is 36.4 Å². The Kier molecular flexibility index (Phi) is 4.06. The molecule has 0 spiro atoms. The van der Waals surface area contributed by atoms with Crippen LogP contribution >= 0.6 is 0 Å². The van der Waals surface area contributed by atoms with Crippen molar-refractivity contribution in [3.63, 3.8) is 0 Å². The number of rotatable bonds is 2. The number of aliphatic hydroxyl groups excluding tert-OH is 1. The van der Waals surface area contributed by atoms with Gasteiger partial charge in [0.1, 0.15) is 0 Å². The first-order valence-corrected chi connectivity index (χ1v) is 7.42. The van der Waals surface area contributed by atoms with Crippen LogP contribution in [-0.2, 0) is 0 Å². The summed E-state index contributed by atoms with van der Waals surface area (Å²) in [6.07, 6.45) is 1.75. The van der Waals surface area contributed by atoms with E-state index in [2.05, 4.69) is 5.32 Å². The van der Waals surface area contributed by atoms with Crippen LogP contribution in [0, 0.1) is 5.92 Å². The molecule has 1 aliphatic heterocycles. The highest BCUT2D eigenvalue weighted by molar-refractivity contribution is 6.01. The van der Waals surface area contributed by atoms with Crippen LogP contribution in [0.25, 0.3) is 10.8 Å². The Labute approximate surface area is 124 Å². The largest absolute Gasteiger partial charge is 0.396 e. The minimum Gasteiger partial charge on any atom is -0.396 e. The molecule has 110 valence electrons. The second-order valence-electron chi connectivity index (χ2n) is 5.57. The topological polar surface area (TPSA) is 52.6 Å². The SMILES string of the molecule is O=C(Nc1cccc2ccccc12)N1CCC(CO)CC1. The second kappa shape index (κ2) is 6.14. The van der Waals surface area contributed by atoms with Crippen LogP contribution < -0.4 is 5.32 Å². The van der Waals surface area contributed by atoms with Gasteiger partial charge in [0.05, 0.1) is 5.69 Å². The molecule has 4 heteroatoms. The summed E-state index contributed by atoms with van der Waals surface area (Å²) in [5.41, 5.74) is 0.849. The summed E-state index contributed by atoms with van der Waals surface area (Å²) in [5.74, 6) is 0.339. The molecule has 0 unspecified atom stereocenters. The Bertz CT molecular complexity index is 628. The van der Waals surface area contributed by atoms with Crippen molar-refractivity contribution in [1.82, 2.24) is 4.90 Å². The van der Waals surface area contributed by atoms with Crippen molar-refractivity contribution in [2.75, 3.05) is 25.0 Å². The Morgan fingerprint density at radius 3 is 2.62 bits per heavy atom. The highest BCUT2D eigenvalue weighted by atomic mass is 16.3. The number of urea groups is 1. The van der Waals surface area contributed by atoms with E-state index in [4.69, 9.17) is 5.11 Å². The van der Waals surface area contributed by atoms with Crippen LogP contribution in [0.3, 0.4) is 0 Å². The molecule has 0 saturated carbocycles. The molecule has 21 heavy (non-hydrogen) atoms. The normalized spacial score (nSPS) is 16.1. The van der Waals surface area contributed by atoms with E-state index in [0.29, 0.717) is 19.0 Å². The van der Waals surface area contributed by atoms with Gasteiger partial charge in [-0.3, -0.25) is 0 Å². The molecule has 1 fully saturated rings. The third-order valence-corrected chi connectivity index (χ3v) is 4.19. The molecule has 1 saturated heterocycles. The van der Waals surface area contributed by atoms with Gasteiger partial charge in [-0.15, -0.1) is 0 Å². The number of aliphatic hydroxyl groups is 1. The molecule has 3 rings (SSSR count). The van der Waals surface area contributed by atoms with Crippen LogP contribution in [0.1, 0.15) is 12.8 Å². The van der Waals surface area contributed by atoms with Crippen LogP contribution in [0.2, 0.25) is 0 Å². The van der Waals surface area contributed by atoms with E-state index < -0.39 is 0 Å². The predicted octanol–water partition coefficient (Wildman–Crippen LogP) is 3.08. The number of benzene rings is 2. The first-order valence-electron chi connectivity index (χ1n) is 7.42. The average molecular weight is 284 g/mol. The smallest absolute Gasteiger partial charge is 0.321 e. The van der Waals surface area contributed by atoms with Gasteiger partial charge in [-0.2, -0.15) is 0 Å². The molecule has 0 radical (unpaired) electrons. The van der Waals surface area contributed by atoms with E-state index in [0.717, 1.165) is 29.3 Å². The fourth-order valence-electron chi connectivity index (χ4n) is 2.85. The molecule has 2 N–H and O–H groups in total. The van der Waals surface area contributed by atoms with Crippen molar-refractivity contribution in [3.8, 4) is 0 Å². The van der Waals surface area contributed by atoms with Gasteiger partial charge < -0.3 is 15.3 Å². The molecular formula is C17H20N2O2. The predicted molar refractivity (Wildman–Crippen MR) is 84.3 cm³/mol. The second-order valence-corrected chi connectivity index (χ2v) is 5.57. The molecule has 2 amide bonds. The first-order chi connectivity index (χ1) is 10.3. The third kappa shape index (κ3) is 3.00. The minimum atomic E-state index is -0.0530. The lowest BCUT2D eigenvalue weighted by Crippen LogP contribution is -2.41. The lowest BCUT2D eigenvalue weighted by atomic mass is 9.98. The highest BCUT2D eigenvalue weighted by Gasteiger charge is 2.22. The number of carbonyl (C=O) groups excluding carboxylic acids is 1. The Hall–Kier alpha value is -2.07. The van der Waals surface area contributed by atoms with Crippen molar-refractivity contribution >= 4 is 22.5 Å². The maximum Gasteiger partial charge on any atom is 0.321 e. The number of likely N-dealkylation sites (tertiary alicyclic amines) is 1. The van der Waals surface area contributed by atoms with Gasteiger partial charge in [0.15, 0.2) is 0 Å². The van der Waals surface area contributed by atoms with E-state index in [-0.39, 0.29) is 12.6 Å². The number of carbonyl (C=O) groups is 1. The van der Waals surface area contributed by atoms with Gasteiger partial charge >= 0.3 is 6.03 Å². The molecule has 0 aromatic heterocycles. The van der Waals surface area contributed by atoms with Gasteiger partial charge in [0, 0.05) is 25.1 Å². The lowest BCUT2D eigenvalue weighted by Gasteiger charge is -2.31. The van der Waals surface area contributed by atoms with E-state index >= 15 is 0 Å². The summed E-state index contributed by atoms with van der Waals surface area (Å²) in [5, 5.41) is 14.3. The van der Waals surface area contributed by atoms with Crippen LogP contribution in [0.15, 0.2) is 42.5 Å². The minimum absolute atomic E-state index is 0.0530. The standard InChI is InChI=1S/C17H20N2O2/c20-12-13-8-10-19(11-9-13)17(21)18-16-7-3-5-14-4-1-2-6-15(14)16/h1-7,13,20H,8-12H2,(H,18,21). The Morgan fingerprint density at radius 2 is 1.86 bits per heavy atom. The molecule has 0 aliphatic carbocycles. The molecule has 2 aromatic rings. The van der Waals surface area contributed by atoms with E-state index in [1.165, 1.54) is 0 Å². The summed E-state index contributed by atoms with van der Waals surface area (Å²) in [6, 6.07) is 13.9. The van der Waals surface area contributed by atoms with Crippen molar-refractivity contribution in [1.29, 1.82) is 0 Å². The summed E-state index contributed by atoms with van der Waals surface area (Å²) >= 11 is 0. The lowest BCUT2D eigenvalue weighted by molar-refractivity contribution is 0.143. The van der Waals surface area contributed by atoms with Gasteiger partial charge in [-0.25, -0.2) is 4.79 Å². The average Bonchev–Trinajstić information content (AvgIpc) is 2.55. The maximum atomic E-state index is 12.4. The summed E-state index contributed by atoms with van der Waals surface area (Å²) in [7, 11) is 0. The fraction of sp³-hybridized carbons (Fsp3) is 0.353. The number of nitrogens with one attached hydrogen (secondary N) is 1. The van der Waals surface area contributed by atoms with Crippen LogP contribution in [0.5, 0.6) is 0 Å². The number of nitrogens with zero attached hydrogens (tertiary/aromatic N) is 1. The van der Waals surface area contributed by atoms with Crippen LogP contribution in [-0.4, -0.2) is 35.7 Å². The number of amides is 2. The molecule has 0 atom stereocenters. The first kappa shape index (κ1) is 13.9. The summed E-state index contributed by atoms with van der Waals surface area (Å²) < 4.78 is 0. The van der Waals surface area contributed by atoms with Crippen molar-refractivity contribution < 1.29 is 9.90 Å². The van der Waals surface area contributed by atoms with Crippen LogP contribution in [0.4, 0.5) is 10.5 Å². The van der Waals surface area contributed by atoms with Crippen molar-refractivity contribution in [2.45, 2.75) is 12.8 Å². The van der Waals surface area contributed by atoms with Crippen molar-refractivity contribution in [3.05, 3.63) is 42.5 Å². The maximum absolute atomic E-state index is 12.4. The highest BCUT2D eigenvalue weighted by Crippen LogP contribution is 2.24. The zero-order valence-electron chi connectivity index (χ0n) is 12.0. The number of anilines is 1. The molecule has 1 heterocycles. The number of hydrogen-bond donors (Lipinski definition) is 2. The molecule has 1 aliphatic rings. The Balaban J connectivity index is 1.72. The molecule has 4 nitrogen and oxygen atoms in total. The van der Waals surface area contributed by atoms with E-state index in [9.17, 15) is 4.79 Å². The van der Waals surface area contributed by atoms with E-state index in [1.54, 1.807) is 0 Å². The number of piperidine rings is 1. The quantitative estimate of drug-likeness (QED) is 0.890. The zero-order chi connectivity index (χ0) is 14.7. The third-order valence-electron chi connectivity index (χ3n) is 4.19. The number of fused-ring (bicyclic) bond motifs is 1. The number of hydrogen-bond acceptors (Lipinski definition) is 2. The molecular weight excluding hydrogens is 264 g/mol. The molecule has 2 aromatic carbocycles. The van der Waals surface area contributed by atoms with Gasteiger partial charge in [0.2, 0.25) is 0 Å². The fourth-order valence-corrected chi connectivity index (χ4v) is 2.85. The van der Waals surface area contributed by atoms with Gasteiger partial charge in [0.25, 0.3) is 0 Å². The Morgan fingerprint density at radius 1 is 1.14 bits per heavy atom. The zero-order valence-corrected chi connectivity index (χ0v) is 12.0.